The molecular formula is C29H37N3O2. The minimum atomic E-state index is 0.0486. The highest BCUT2D eigenvalue weighted by molar-refractivity contribution is 5.94. The van der Waals surface area contributed by atoms with Gasteiger partial charge in [-0.1, -0.05) is 43.2 Å². The monoisotopic (exact) mass is 459 g/mol. The number of carbonyl (C=O) groups is 1. The first-order valence-electron chi connectivity index (χ1n) is 12.8. The summed E-state index contributed by atoms with van der Waals surface area (Å²) in [5.41, 5.74) is 3.21. The number of hydrogen-bond donors (Lipinski definition) is 1. The Balaban J connectivity index is 1.41. The second-order valence-electron chi connectivity index (χ2n) is 10.1. The minimum Gasteiger partial charge on any atom is -0.497 e. The van der Waals surface area contributed by atoms with Crippen LogP contribution in [-0.4, -0.2) is 60.6 Å². The van der Waals surface area contributed by atoms with Gasteiger partial charge in [0.1, 0.15) is 5.75 Å². The number of rotatable bonds is 8. The molecule has 0 radical (unpaired) electrons. The number of hydrogen-bond acceptors (Lipinski definition) is 4. The fourth-order valence-corrected chi connectivity index (χ4v) is 6.26. The molecule has 3 unspecified atom stereocenters. The Kier molecular flexibility index (Phi) is 7.02. The van der Waals surface area contributed by atoms with Crippen LogP contribution in [0.25, 0.3) is 0 Å². The van der Waals surface area contributed by atoms with Crippen molar-refractivity contribution in [3.63, 3.8) is 0 Å². The van der Waals surface area contributed by atoms with Crippen LogP contribution in [0.15, 0.2) is 61.2 Å². The van der Waals surface area contributed by atoms with Crippen LogP contribution < -0.4 is 10.1 Å². The standard InChI is InChI=1S/C29H37N3O2/c1-3-17-32-25-15-16-26(32)20-31(19-25)28(23-7-6-10-27(18-23)34-2)21-11-13-22(14-12-21)29(33)30-24-8-4-5-9-24/h3,6-7,10-14,18,24-26,28H,1,4-5,8-9,15-17,19-20H2,2H3,(H,30,33). The van der Waals surface area contributed by atoms with E-state index in [2.05, 4.69) is 52.0 Å². The van der Waals surface area contributed by atoms with Gasteiger partial charge in [0.25, 0.3) is 5.91 Å². The van der Waals surface area contributed by atoms with Crippen molar-refractivity contribution in [3.05, 3.63) is 77.9 Å². The smallest absolute Gasteiger partial charge is 0.251 e. The number of benzene rings is 2. The molecule has 2 heterocycles. The average Bonchev–Trinajstić information content (AvgIpc) is 3.45. The van der Waals surface area contributed by atoms with Crippen LogP contribution in [-0.2, 0) is 0 Å². The number of likely N-dealkylation sites (tertiary alicyclic amines) is 1. The van der Waals surface area contributed by atoms with Crippen LogP contribution in [0.1, 0.15) is 66.1 Å². The number of piperazine rings is 1. The van der Waals surface area contributed by atoms with Gasteiger partial charge in [0.15, 0.2) is 0 Å². The topological polar surface area (TPSA) is 44.8 Å². The van der Waals surface area contributed by atoms with E-state index in [1.54, 1.807) is 7.11 Å². The summed E-state index contributed by atoms with van der Waals surface area (Å²) in [6, 6.07) is 18.3. The molecule has 5 nitrogen and oxygen atoms in total. The van der Waals surface area contributed by atoms with E-state index >= 15 is 0 Å². The van der Waals surface area contributed by atoms with E-state index < -0.39 is 0 Å². The Morgan fingerprint density at radius 2 is 1.76 bits per heavy atom. The van der Waals surface area contributed by atoms with E-state index in [1.807, 2.05) is 24.3 Å². The second-order valence-corrected chi connectivity index (χ2v) is 10.1. The Morgan fingerprint density at radius 3 is 2.41 bits per heavy atom. The normalized spacial score (nSPS) is 24.1. The molecule has 3 fully saturated rings. The third-order valence-electron chi connectivity index (χ3n) is 7.96. The molecule has 0 aromatic heterocycles. The minimum absolute atomic E-state index is 0.0486. The zero-order valence-corrected chi connectivity index (χ0v) is 20.3. The maximum atomic E-state index is 12.8. The Morgan fingerprint density at radius 1 is 1.06 bits per heavy atom. The quantitative estimate of drug-likeness (QED) is 0.577. The van der Waals surface area contributed by atoms with Crippen LogP contribution in [0.4, 0.5) is 0 Å². The molecule has 34 heavy (non-hydrogen) atoms. The summed E-state index contributed by atoms with van der Waals surface area (Å²) in [5, 5.41) is 3.21. The first-order valence-corrected chi connectivity index (χ1v) is 12.8. The lowest BCUT2D eigenvalue weighted by molar-refractivity contribution is 0.0582. The van der Waals surface area contributed by atoms with Gasteiger partial charge in [-0.25, -0.2) is 0 Å². The summed E-state index contributed by atoms with van der Waals surface area (Å²) in [5.74, 6) is 0.927. The van der Waals surface area contributed by atoms with E-state index in [-0.39, 0.29) is 11.9 Å². The first kappa shape index (κ1) is 23.1. The SMILES string of the molecule is C=CCN1C2CCC1CN(C(c1ccc(C(=O)NC3CCCC3)cc1)c1cccc(OC)c1)C2. The molecule has 1 saturated carbocycles. The van der Waals surface area contributed by atoms with E-state index in [0.29, 0.717) is 18.1 Å². The predicted molar refractivity (Wildman–Crippen MR) is 136 cm³/mol. The summed E-state index contributed by atoms with van der Waals surface area (Å²) in [7, 11) is 1.72. The van der Waals surface area contributed by atoms with Crippen LogP contribution in [0.3, 0.4) is 0 Å². The molecule has 3 aliphatic rings. The van der Waals surface area contributed by atoms with E-state index in [4.69, 9.17) is 4.74 Å². The Bertz CT molecular complexity index is 985. The Hall–Kier alpha value is -2.63. The second kappa shape index (κ2) is 10.3. The van der Waals surface area contributed by atoms with Gasteiger partial charge in [-0.2, -0.15) is 0 Å². The largest absolute Gasteiger partial charge is 0.497 e. The van der Waals surface area contributed by atoms with Gasteiger partial charge in [-0.05, 0) is 61.1 Å². The Labute approximate surface area is 203 Å². The number of carbonyl (C=O) groups excluding carboxylic acids is 1. The third kappa shape index (κ3) is 4.77. The van der Waals surface area contributed by atoms with Crippen molar-refractivity contribution in [1.29, 1.82) is 0 Å². The molecule has 2 bridgehead atoms. The molecule has 5 rings (SSSR count). The first-order chi connectivity index (χ1) is 16.7. The number of methoxy groups -OCH3 is 1. The van der Waals surface area contributed by atoms with E-state index in [0.717, 1.165) is 43.8 Å². The van der Waals surface area contributed by atoms with Gasteiger partial charge in [0, 0.05) is 43.3 Å². The van der Waals surface area contributed by atoms with Gasteiger partial charge < -0.3 is 10.1 Å². The van der Waals surface area contributed by atoms with Crippen LogP contribution in [0, 0.1) is 0 Å². The van der Waals surface area contributed by atoms with Crippen molar-refractivity contribution in [2.75, 3.05) is 26.7 Å². The summed E-state index contributed by atoms with van der Waals surface area (Å²) in [4.78, 5) is 18.0. The maximum Gasteiger partial charge on any atom is 0.251 e. The number of nitrogens with zero attached hydrogens (tertiary/aromatic N) is 2. The number of fused-ring (bicyclic) bond motifs is 2. The van der Waals surface area contributed by atoms with Gasteiger partial charge >= 0.3 is 0 Å². The molecule has 5 heteroatoms. The van der Waals surface area contributed by atoms with Crippen molar-refractivity contribution < 1.29 is 9.53 Å². The fourth-order valence-electron chi connectivity index (χ4n) is 6.26. The van der Waals surface area contributed by atoms with Crippen LogP contribution in [0.2, 0.25) is 0 Å². The maximum absolute atomic E-state index is 12.8. The molecule has 2 aromatic carbocycles. The number of amides is 1. The third-order valence-corrected chi connectivity index (χ3v) is 7.96. The van der Waals surface area contributed by atoms with E-state index in [1.165, 1.54) is 36.8 Å². The van der Waals surface area contributed by atoms with Gasteiger partial charge in [-0.15, -0.1) is 6.58 Å². The molecule has 0 spiro atoms. The number of nitrogens with one attached hydrogen (secondary N) is 1. The van der Waals surface area contributed by atoms with Crippen molar-refractivity contribution in [3.8, 4) is 5.75 Å². The van der Waals surface area contributed by atoms with Gasteiger partial charge in [0.05, 0.1) is 13.2 Å². The van der Waals surface area contributed by atoms with Gasteiger partial charge in [0.2, 0.25) is 0 Å². The lowest BCUT2D eigenvalue weighted by Crippen LogP contribution is -2.54. The highest BCUT2D eigenvalue weighted by Gasteiger charge is 2.41. The lowest BCUT2D eigenvalue weighted by atomic mass is 9.94. The molecule has 3 atom stereocenters. The summed E-state index contributed by atoms with van der Waals surface area (Å²) in [6.07, 6.45) is 9.17. The molecule has 2 aliphatic heterocycles. The van der Waals surface area contributed by atoms with E-state index in [9.17, 15) is 4.79 Å². The average molecular weight is 460 g/mol. The lowest BCUT2D eigenvalue weighted by Gasteiger charge is -2.44. The summed E-state index contributed by atoms with van der Waals surface area (Å²) in [6.45, 7) is 7.02. The zero-order chi connectivity index (χ0) is 23.5. The summed E-state index contributed by atoms with van der Waals surface area (Å²) >= 11 is 0. The van der Waals surface area contributed by atoms with Crippen molar-refractivity contribution in [1.82, 2.24) is 15.1 Å². The van der Waals surface area contributed by atoms with Gasteiger partial charge in [-0.3, -0.25) is 14.6 Å². The predicted octanol–water partition coefficient (Wildman–Crippen LogP) is 4.79. The molecule has 180 valence electrons. The van der Waals surface area contributed by atoms with Crippen molar-refractivity contribution in [2.24, 2.45) is 0 Å². The van der Waals surface area contributed by atoms with Crippen molar-refractivity contribution in [2.45, 2.75) is 62.7 Å². The fraction of sp³-hybridized carbons (Fsp3) is 0.483. The highest BCUT2D eigenvalue weighted by Crippen LogP contribution is 2.38. The molecule has 2 aromatic rings. The highest BCUT2D eigenvalue weighted by atomic mass is 16.5. The zero-order valence-electron chi connectivity index (χ0n) is 20.3. The summed E-state index contributed by atoms with van der Waals surface area (Å²) < 4.78 is 5.55. The molecule has 2 saturated heterocycles. The molecular weight excluding hydrogens is 422 g/mol. The van der Waals surface area contributed by atoms with Crippen LogP contribution >= 0.6 is 0 Å². The van der Waals surface area contributed by atoms with Crippen molar-refractivity contribution >= 4 is 5.91 Å². The molecule has 1 aliphatic carbocycles. The molecule has 1 amide bonds. The number of ether oxygens (including phenoxy) is 1. The van der Waals surface area contributed by atoms with Crippen LogP contribution in [0.5, 0.6) is 5.75 Å². The molecule has 1 N–H and O–H groups in total.